The lowest BCUT2D eigenvalue weighted by atomic mass is 9.95. The SMILES string of the molecule is CCc1cccc2cccc(N3CCc4c(nc(OCC56CCCN5CCC6)nc4N4CCCCC(O)C4)C3)c12. The van der Waals surface area contributed by atoms with Crippen LogP contribution in [-0.2, 0) is 19.4 Å². The first-order chi connectivity index (χ1) is 19.6. The number of ether oxygens (including phenoxy) is 1. The number of rotatable bonds is 6. The van der Waals surface area contributed by atoms with Gasteiger partial charge in [0, 0.05) is 36.3 Å². The molecule has 2 aromatic carbocycles. The maximum atomic E-state index is 10.7. The number of nitrogens with zero attached hydrogens (tertiary/aromatic N) is 5. The Morgan fingerprint density at radius 1 is 0.950 bits per heavy atom. The van der Waals surface area contributed by atoms with Crippen molar-refractivity contribution >= 4 is 22.3 Å². The van der Waals surface area contributed by atoms with E-state index in [1.807, 2.05) is 0 Å². The number of aromatic nitrogens is 2. The smallest absolute Gasteiger partial charge is 0.318 e. The third-order valence-corrected chi connectivity index (χ3v) is 9.94. The Morgan fingerprint density at radius 2 is 1.77 bits per heavy atom. The molecule has 0 amide bonds. The fourth-order valence-electron chi connectivity index (χ4n) is 7.85. The Morgan fingerprint density at radius 3 is 2.60 bits per heavy atom. The molecule has 7 rings (SSSR count). The molecular formula is C33H43N5O2. The van der Waals surface area contributed by atoms with E-state index >= 15 is 0 Å². The van der Waals surface area contributed by atoms with Crippen molar-refractivity contribution in [2.75, 3.05) is 49.1 Å². The van der Waals surface area contributed by atoms with Gasteiger partial charge in [-0.15, -0.1) is 0 Å². The molecule has 3 fully saturated rings. The van der Waals surface area contributed by atoms with Gasteiger partial charge < -0.3 is 19.6 Å². The fraction of sp³-hybridized carbons (Fsp3) is 0.576. The molecule has 5 heterocycles. The predicted octanol–water partition coefficient (Wildman–Crippen LogP) is 5.11. The molecule has 0 radical (unpaired) electrons. The lowest BCUT2D eigenvalue weighted by Crippen LogP contribution is -2.43. The molecule has 3 aromatic rings. The maximum Gasteiger partial charge on any atom is 0.318 e. The third-order valence-electron chi connectivity index (χ3n) is 9.94. The number of β-amino-alcohol motifs (C(OH)–C–C–N with tert-alkyl or cyclic N) is 1. The van der Waals surface area contributed by atoms with Crippen molar-refractivity contribution in [3.05, 3.63) is 53.2 Å². The average Bonchev–Trinajstić information content (AvgIpc) is 3.49. The number of benzene rings is 2. The number of aliphatic hydroxyl groups is 1. The first-order valence-corrected chi connectivity index (χ1v) is 15.6. The summed E-state index contributed by atoms with van der Waals surface area (Å²) < 4.78 is 6.53. The van der Waals surface area contributed by atoms with Gasteiger partial charge in [-0.05, 0) is 87.9 Å². The van der Waals surface area contributed by atoms with E-state index in [0.717, 1.165) is 63.3 Å². The fourth-order valence-corrected chi connectivity index (χ4v) is 7.85. The largest absolute Gasteiger partial charge is 0.461 e. The highest BCUT2D eigenvalue weighted by molar-refractivity contribution is 5.97. The summed E-state index contributed by atoms with van der Waals surface area (Å²) in [5.41, 5.74) is 5.14. The highest BCUT2D eigenvalue weighted by Gasteiger charge is 2.45. The molecule has 0 spiro atoms. The Bertz CT molecular complexity index is 1360. The van der Waals surface area contributed by atoms with Crippen molar-refractivity contribution < 1.29 is 9.84 Å². The van der Waals surface area contributed by atoms with E-state index < -0.39 is 0 Å². The summed E-state index contributed by atoms with van der Waals surface area (Å²) in [6.45, 7) is 8.50. The van der Waals surface area contributed by atoms with Crippen molar-refractivity contribution in [1.82, 2.24) is 14.9 Å². The van der Waals surface area contributed by atoms with Gasteiger partial charge in [-0.2, -0.15) is 9.97 Å². The van der Waals surface area contributed by atoms with E-state index in [1.54, 1.807) is 0 Å². The molecule has 1 unspecified atom stereocenters. The molecule has 4 aliphatic rings. The summed E-state index contributed by atoms with van der Waals surface area (Å²) in [7, 11) is 0. The zero-order chi connectivity index (χ0) is 27.1. The van der Waals surface area contributed by atoms with Gasteiger partial charge in [-0.1, -0.05) is 37.3 Å². The minimum absolute atomic E-state index is 0.157. The number of hydrogen-bond acceptors (Lipinski definition) is 7. The molecule has 3 saturated heterocycles. The van der Waals surface area contributed by atoms with Gasteiger partial charge in [0.2, 0.25) is 0 Å². The van der Waals surface area contributed by atoms with E-state index in [4.69, 9.17) is 14.7 Å². The van der Waals surface area contributed by atoms with Crippen molar-refractivity contribution in [1.29, 1.82) is 0 Å². The van der Waals surface area contributed by atoms with E-state index in [2.05, 4.69) is 58.0 Å². The molecule has 0 saturated carbocycles. The van der Waals surface area contributed by atoms with Gasteiger partial charge in [0.05, 0.1) is 23.9 Å². The lowest BCUT2D eigenvalue weighted by Gasteiger charge is -2.35. The first kappa shape index (κ1) is 26.0. The Balaban J connectivity index is 1.24. The second-order valence-electron chi connectivity index (χ2n) is 12.4. The number of aliphatic hydroxyl groups excluding tert-OH is 1. The van der Waals surface area contributed by atoms with Crippen LogP contribution in [0.2, 0.25) is 0 Å². The van der Waals surface area contributed by atoms with Crippen LogP contribution in [0.15, 0.2) is 36.4 Å². The van der Waals surface area contributed by atoms with Crippen molar-refractivity contribution in [3.8, 4) is 6.01 Å². The second kappa shape index (κ2) is 10.8. The number of aryl methyl sites for hydroxylation is 1. The van der Waals surface area contributed by atoms with Gasteiger partial charge in [0.25, 0.3) is 0 Å². The van der Waals surface area contributed by atoms with E-state index in [1.165, 1.54) is 66.4 Å². The van der Waals surface area contributed by atoms with Gasteiger partial charge >= 0.3 is 6.01 Å². The van der Waals surface area contributed by atoms with Crippen molar-refractivity contribution in [2.45, 2.75) is 82.9 Å². The average molecular weight is 542 g/mol. The maximum absolute atomic E-state index is 10.7. The van der Waals surface area contributed by atoms with Crippen LogP contribution in [0.1, 0.15) is 68.7 Å². The molecule has 0 aliphatic carbocycles. The molecule has 40 heavy (non-hydrogen) atoms. The molecule has 212 valence electrons. The van der Waals surface area contributed by atoms with Crippen LogP contribution in [0.25, 0.3) is 10.8 Å². The van der Waals surface area contributed by atoms with Gasteiger partial charge in [0.15, 0.2) is 0 Å². The van der Waals surface area contributed by atoms with Crippen LogP contribution in [0.3, 0.4) is 0 Å². The van der Waals surface area contributed by atoms with E-state index in [-0.39, 0.29) is 11.6 Å². The first-order valence-electron chi connectivity index (χ1n) is 15.6. The second-order valence-corrected chi connectivity index (χ2v) is 12.4. The van der Waals surface area contributed by atoms with Crippen LogP contribution < -0.4 is 14.5 Å². The lowest BCUT2D eigenvalue weighted by molar-refractivity contribution is 0.107. The van der Waals surface area contributed by atoms with Crippen LogP contribution in [0.4, 0.5) is 11.5 Å². The molecule has 7 heteroatoms. The molecule has 4 aliphatic heterocycles. The summed E-state index contributed by atoms with van der Waals surface area (Å²) in [4.78, 5) is 17.6. The van der Waals surface area contributed by atoms with Crippen LogP contribution in [0, 0.1) is 0 Å². The van der Waals surface area contributed by atoms with Gasteiger partial charge in [0.1, 0.15) is 12.4 Å². The summed E-state index contributed by atoms with van der Waals surface area (Å²) in [6.07, 6.45) is 9.50. The van der Waals surface area contributed by atoms with Crippen LogP contribution in [0.5, 0.6) is 6.01 Å². The van der Waals surface area contributed by atoms with Gasteiger partial charge in [-0.25, -0.2) is 0 Å². The Kier molecular flexibility index (Phi) is 7.04. The summed E-state index contributed by atoms with van der Waals surface area (Å²) >= 11 is 0. The molecule has 7 nitrogen and oxygen atoms in total. The van der Waals surface area contributed by atoms with Gasteiger partial charge in [-0.3, -0.25) is 4.90 Å². The summed E-state index contributed by atoms with van der Waals surface area (Å²) in [5, 5.41) is 13.3. The molecule has 1 aromatic heterocycles. The zero-order valence-electron chi connectivity index (χ0n) is 23.9. The predicted molar refractivity (Wildman–Crippen MR) is 160 cm³/mol. The van der Waals surface area contributed by atoms with E-state index in [0.29, 0.717) is 19.2 Å². The Labute approximate surface area is 238 Å². The Hall–Kier alpha value is -2.90. The molecule has 1 N–H and O–H groups in total. The van der Waals surface area contributed by atoms with Crippen LogP contribution in [-0.4, -0.2) is 70.9 Å². The van der Waals surface area contributed by atoms with E-state index in [9.17, 15) is 5.11 Å². The standard InChI is InChI=1S/C33H43N5O2/c1-2-24-9-5-10-25-11-6-13-29(30(24)25)36-20-14-27-28(22-36)34-32(35-31(27)37-17-4-3-12-26(39)21-37)40-23-33-15-7-18-38(33)19-8-16-33/h5-6,9-11,13,26,39H,2-4,7-8,12,14-23H2,1H3. The summed E-state index contributed by atoms with van der Waals surface area (Å²) in [5.74, 6) is 0.986. The number of fused-ring (bicyclic) bond motifs is 3. The topological polar surface area (TPSA) is 65.0 Å². The molecular weight excluding hydrogens is 498 g/mol. The number of hydrogen-bond donors (Lipinski definition) is 1. The minimum Gasteiger partial charge on any atom is -0.461 e. The minimum atomic E-state index is -0.315. The zero-order valence-corrected chi connectivity index (χ0v) is 23.9. The quantitative estimate of drug-likeness (QED) is 0.465. The highest BCUT2D eigenvalue weighted by Crippen LogP contribution is 2.40. The number of anilines is 2. The van der Waals surface area contributed by atoms with Crippen LogP contribution >= 0.6 is 0 Å². The summed E-state index contributed by atoms with van der Waals surface area (Å²) in [6, 6.07) is 13.8. The monoisotopic (exact) mass is 541 g/mol. The molecule has 0 bridgehead atoms. The van der Waals surface area contributed by atoms with Crippen molar-refractivity contribution in [3.63, 3.8) is 0 Å². The highest BCUT2D eigenvalue weighted by atomic mass is 16.5. The normalized spacial score (nSPS) is 22.8. The third kappa shape index (κ3) is 4.71. The molecule has 1 atom stereocenters. The van der Waals surface area contributed by atoms with Crippen molar-refractivity contribution in [2.24, 2.45) is 0 Å².